The number of benzene rings is 1. The molecule has 1 aliphatic heterocycles. The van der Waals surface area contributed by atoms with E-state index in [1.807, 2.05) is 43.0 Å². The molecule has 0 bridgehead atoms. The lowest BCUT2D eigenvalue weighted by Gasteiger charge is -2.23. The fourth-order valence-corrected chi connectivity index (χ4v) is 3.73. The minimum absolute atomic E-state index is 0.0225. The van der Waals surface area contributed by atoms with Crippen molar-refractivity contribution in [3.63, 3.8) is 0 Å². The van der Waals surface area contributed by atoms with Crippen molar-refractivity contribution >= 4 is 16.9 Å². The molecule has 1 saturated heterocycles. The molecule has 0 saturated carbocycles. The van der Waals surface area contributed by atoms with Gasteiger partial charge in [0.2, 0.25) is 5.91 Å². The van der Waals surface area contributed by atoms with E-state index in [2.05, 4.69) is 20.8 Å². The van der Waals surface area contributed by atoms with E-state index in [1.165, 1.54) is 0 Å². The van der Waals surface area contributed by atoms with Gasteiger partial charge in [0.25, 0.3) is 0 Å². The summed E-state index contributed by atoms with van der Waals surface area (Å²) < 4.78 is 7.52. The first kappa shape index (κ1) is 15.9. The summed E-state index contributed by atoms with van der Waals surface area (Å²) in [6.07, 6.45) is 2.40. The van der Waals surface area contributed by atoms with Crippen LogP contribution in [0.3, 0.4) is 0 Å². The highest BCUT2D eigenvalue weighted by Crippen LogP contribution is 2.32. The fourth-order valence-electron chi connectivity index (χ4n) is 3.73. The zero-order valence-corrected chi connectivity index (χ0v) is 14.6. The number of imidazole rings is 1. The van der Waals surface area contributed by atoms with Gasteiger partial charge in [-0.3, -0.25) is 4.79 Å². The molecule has 0 radical (unpaired) electrons. The highest BCUT2D eigenvalue weighted by atomic mass is 16.5. The van der Waals surface area contributed by atoms with Crippen LogP contribution in [0.15, 0.2) is 34.9 Å². The number of likely N-dealkylation sites (tertiary alicyclic amines) is 1. The average Bonchev–Trinajstić information content (AvgIpc) is 3.30. The number of fused-ring (bicyclic) bond motifs is 1. The van der Waals surface area contributed by atoms with Crippen molar-refractivity contribution in [3.05, 3.63) is 47.6 Å². The first-order chi connectivity index (χ1) is 12.1. The Morgan fingerprint density at radius 2 is 2.16 bits per heavy atom. The van der Waals surface area contributed by atoms with Gasteiger partial charge in [-0.15, -0.1) is 0 Å². The van der Waals surface area contributed by atoms with Gasteiger partial charge in [0.1, 0.15) is 5.82 Å². The third-order valence-corrected chi connectivity index (χ3v) is 4.94. The smallest absolute Gasteiger partial charge is 0.224 e. The Labute approximate surface area is 146 Å². The molecule has 25 heavy (non-hydrogen) atoms. The summed E-state index contributed by atoms with van der Waals surface area (Å²) in [6.45, 7) is 5.32. The Hall–Kier alpha value is -2.63. The minimum Gasteiger partial charge on any atom is -0.359 e. The Bertz CT molecular complexity index is 911. The number of carbonyl (C=O) groups excluding carboxylic acids is 1. The summed E-state index contributed by atoms with van der Waals surface area (Å²) in [5.74, 6) is 1.90. The van der Waals surface area contributed by atoms with E-state index >= 15 is 0 Å². The summed E-state index contributed by atoms with van der Waals surface area (Å²) in [5.41, 5.74) is 2.91. The molecule has 6 heteroatoms. The molecular formula is C19H22N4O2. The monoisotopic (exact) mass is 338 g/mol. The summed E-state index contributed by atoms with van der Waals surface area (Å²) in [7, 11) is 0. The highest BCUT2D eigenvalue weighted by molar-refractivity contribution is 5.78. The standard InChI is InChI=1S/C19H22N4O2/c1-13-12-18(25-21-13)17-8-5-10-23(17)19(24)9-11-22-14(2)20-15-6-3-4-7-16(15)22/h3-4,6-7,12,17H,5,8-11H2,1-2H3. The maximum absolute atomic E-state index is 12.8. The number of aryl methyl sites for hydroxylation is 3. The highest BCUT2D eigenvalue weighted by Gasteiger charge is 2.32. The number of amides is 1. The van der Waals surface area contributed by atoms with Crippen LogP contribution < -0.4 is 0 Å². The largest absolute Gasteiger partial charge is 0.359 e. The molecule has 6 nitrogen and oxygen atoms in total. The third kappa shape index (κ3) is 2.92. The van der Waals surface area contributed by atoms with E-state index in [-0.39, 0.29) is 11.9 Å². The lowest BCUT2D eigenvalue weighted by Crippen LogP contribution is -2.31. The van der Waals surface area contributed by atoms with E-state index in [0.29, 0.717) is 13.0 Å². The lowest BCUT2D eigenvalue weighted by atomic mass is 10.1. The van der Waals surface area contributed by atoms with Crippen molar-refractivity contribution < 1.29 is 9.32 Å². The zero-order valence-electron chi connectivity index (χ0n) is 14.6. The molecule has 1 aromatic carbocycles. The van der Waals surface area contributed by atoms with Crippen LogP contribution in [0, 0.1) is 13.8 Å². The molecule has 4 rings (SSSR count). The molecule has 0 aliphatic carbocycles. The van der Waals surface area contributed by atoms with Crippen molar-refractivity contribution in [2.24, 2.45) is 0 Å². The first-order valence-corrected chi connectivity index (χ1v) is 8.78. The molecule has 1 atom stereocenters. The van der Waals surface area contributed by atoms with Gasteiger partial charge in [-0.1, -0.05) is 17.3 Å². The SMILES string of the molecule is Cc1cc(C2CCCN2C(=O)CCn2c(C)nc3ccccc32)on1. The summed E-state index contributed by atoms with van der Waals surface area (Å²) in [4.78, 5) is 19.3. The molecule has 2 aromatic heterocycles. The normalized spacial score (nSPS) is 17.5. The van der Waals surface area contributed by atoms with Crippen molar-refractivity contribution in [1.82, 2.24) is 19.6 Å². The lowest BCUT2D eigenvalue weighted by molar-refractivity contribution is -0.132. The van der Waals surface area contributed by atoms with E-state index in [9.17, 15) is 4.79 Å². The second-order valence-electron chi connectivity index (χ2n) is 6.67. The van der Waals surface area contributed by atoms with Gasteiger partial charge >= 0.3 is 0 Å². The molecular weight excluding hydrogens is 316 g/mol. The topological polar surface area (TPSA) is 64.2 Å². The molecule has 1 aliphatic rings. The average molecular weight is 338 g/mol. The fraction of sp³-hybridized carbons (Fsp3) is 0.421. The maximum atomic E-state index is 12.8. The number of hydrogen-bond acceptors (Lipinski definition) is 4. The minimum atomic E-state index is 0.0225. The second kappa shape index (κ2) is 6.35. The number of aromatic nitrogens is 3. The number of para-hydroxylation sites is 2. The number of hydrogen-bond donors (Lipinski definition) is 0. The van der Waals surface area contributed by atoms with Gasteiger partial charge in [-0.2, -0.15) is 0 Å². The zero-order chi connectivity index (χ0) is 17.4. The molecule has 1 amide bonds. The van der Waals surface area contributed by atoms with Gasteiger partial charge in [0.15, 0.2) is 5.76 Å². The molecule has 3 aromatic rings. The second-order valence-corrected chi connectivity index (χ2v) is 6.67. The van der Waals surface area contributed by atoms with Crippen molar-refractivity contribution in [2.75, 3.05) is 6.54 Å². The van der Waals surface area contributed by atoms with E-state index < -0.39 is 0 Å². The quantitative estimate of drug-likeness (QED) is 0.731. The van der Waals surface area contributed by atoms with Crippen molar-refractivity contribution in [2.45, 2.75) is 45.7 Å². The van der Waals surface area contributed by atoms with Crippen LogP contribution in [0.4, 0.5) is 0 Å². The van der Waals surface area contributed by atoms with Crippen LogP contribution in [0.25, 0.3) is 11.0 Å². The Balaban J connectivity index is 1.49. The van der Waals surface area contributed by atoms with Gasteiger partial charge in [0.05, 0.1) is 22.8 Å². The van der Waals surface area contributed by atoms with E-state index in [4.69, 9.17) is 4.52 Å². The third-order valence-electron chi connectivity index (χ3n) is 4.94. The number of nitrogens with zero attached hydrogens (tertiary/aromatic N) is 4. The Morgan fingerprint density at radius 3 is 2.96 bits per heavy atom. The molecule has 0 N–H and O–H groups in total. The van der Waals surface area contributed by atoms with Crippen LogP contribution in [0.2, 0.25) is 0 Å². The molecule has 130 valence electrons. The van der Waals surface area contributed by atoms with E-state index in [1.54, 1.807) is 0 Å². The van der Waals surface area contributed by atoms with Crippen molar-refractivity contribution in [3.8, 4) is 0 Å². The number of rotatable bonds is 4. The Morgan fingerprint density at radius 1 is 1.32 bits per heavy atom. The van der Waals surface area contributed by atoms with E-state index in [0.717, 1.165) is 47.7 Å². The van der Waals surface area contributed by atoms with Crippen LogP contribution in [0.1, 0.15) is 42.6 Å². The molecule has 1 fully saturated rings. The number of carbonyl (C=O) groups is 1. The van der Waals surface area contributed by atoms with Gasteiger partial charge in [-0.05, 0) is 38.8 Å². The van der Waals surface area contributed by atoms with Crippen LogP contribution in [-0.2, 0) is 11.3 Å². The molecule has 3 heterocycles. The summed E-state index contributed by atoms with van der Waals surface area (Å²) >= 11 is 0. The first-order valence-electron chi connectivity index (χ1n) is 8.78. The van der Waals surface area contributed by atoms with Gasteiger partial charge in [-0.25, -0.2) is 4.98 Å². The maximum Gasteiger partial charge on any atom is 0.224 e. The van der Waals surface area contributed by atoms with Crippen LogP contribution in [0.5, 0.6) is 0 Å². The predicted molar refractivity (Wildman–Crippen MR) is 94.0 cm³/mol. The van der Waals surface area contributed by atoms with Gasteiger partial charge in [0, 0.05) is 25.6 Å². The van der Waals surface area contributed by atoms with Gasteiger partial charge < -0.3 is 14.0 Å². The molecule has 0 spiro atoms. The van der Waals surface area contributed by atoms with Crippen LogP contribution >= 0.6 is 0 Å². The molecule has 1 unspecified atom stereocenters. The van der Waals surface area contributed by atoms with Crippen molar-refractivity contribution in [1.29, 1.82) is 0 Å². The van der Waals surface area contributed by atoms with Crippen LogP contribution in [-0.4, -0.2) is 32.1 Å². The predicted octanol–water partition coefficient (Wildman–Crippen LogP) is 3.39. The Kier molecular flexibility index (Phi) is 4.03. The summed E-state index contributed by atoms with van der Waals surface area (Å²) in [6, 6.07) is 10.0. The summed E-state index contributed by atoms with van der Waals surface area (Å²) in [5, 5.41) is 3.96.